The lowest BCUT2D eigenvalue weighted by atomic mass is 10.1. The van der Waals surface area contributed by atoms with Gasteiger partial charge in [-0.25, -0.2) is 19.3 Å². The Morgan fingerprint density at radius 2 is 2.00 bits per heavy atom. The molecule has 1 aliphatic heterocycles. The number of aromatic nitrogens is 4. The molecule has 0 spiro atoms. The maximum Gasteiger partial charge on any atom is 0.348 e. The molecule has 0 amide bonds. The van der Waals surface area contributed by atoms with Gasteiger partial charge in [-0.3, -0.25) is 9.13 Å². The standard InChI is InChI=1S/C18H19FN5O5P/c19-13-15(25)12(6-7-30(26,27)28)29-18(13)24-10-23-14-16(21-9-22-17(14)24)20-8-11-4-2-1-3-5-11/h1-7,9-10,12-13,15,18,25H,8H2,(H,20,21,22)(H2,26,27,28)/b7-6+/t12-,13+,15-,18-/m1/s1. The monoisotopic (exact) mass is 435 g/mol. The van der Waals surface area contributed by atoms with Gasteiger partial charge in [0.05, 0.1) is 6.33 Å². The summed E-state index contributed by atoms with van der Waals surface area (Å²) in [6.45, 7) is 0.499. The lowest BCUT2D eigenvalue weighted by Crippen LogP contribution is -2.27. The Balaban J connectivity index is 1.58. The number of alkyl halides is 1. The highest BCUT2D eigenvalue weighted by molar-refractivity contribution is 7.55. The molecule has 12 heteroatoms. The van der Waals surface area contributed by atoms with Gasteiger partial charge in [-0.15, -0.1) is 0 Å². The Hall–Kier alpha value is -2.69. The van der Waals surface area contributed by atoms with Crippen LogP contribution in [-0.2, 0) is 15.8 Å². The summed E-state index contributed by atoms with van der Waals surface area (Å²) in [4.78, 5) is 30.5. The summed E-state index contributed by atoms with van der Waals surface area (Å²) >= 11 is 0. The fourth-order valence-electron chi connectivity index (χ4n) is 3.19. The number of ether oxygens (including phenoxy) is 1. The van der Waals surface area contributed by atoms with Gasteiger partial charge in [0.25, 0.3) is 0 Å². The number of hydrogen-bond acceptors (Lipinski definition) is 7. The van der Waals surface area contributed by atoms with Crippen LogP contribution < -0.4 is 5.32 Å². The van der Waals surface area contributed by atoms with Crippen molar-refractivity contribution in [3.63, 3.8) is 0 Å². The van der Waals surface area contributed by atoms with Crippen molar-refractivity contribution in [2.24, 2.45) is 0 Å². The fraction of sp³-hybridized carbons (Fsp3) is 0.278. The fourth-order valence-corrected chi connectivity index (χ4v) is 3.58. The maximum absolute atomic E-state index is 14.7. The third kappa shape index (κ3) is 4.25. The van der Waals surface area contributed by atoms with Crippen LogP contribution in [0, 0.1) is 0 Å². The zero-order valence-corrected chi connectivity index (χ0v) is 16.4. The number of rotatable bonds is 6. The van der Waals surface area contributed by atoms with E-state index in [4.69, 9.17) is 14.5 Å². The van der Waals surface area contributed by atoms with Gasteiger partial charge < -0.3 is 24.9 Å². The molecule has 0 saturated carbocycles. The molecule has 0 unspecified atom stereocenters. The number of nitrogens with one attached hydrogen (secondary N) is 1. The lowest BCUT2D eigenvalue weighted by Gasteiger charge is -2.15. The summed E-state index contributed by atoms with van der Waals surface area (Å²) in [6.07, 6.45) is -2.37. The Kier molecular flexibility index (Phi) is 5.63. The van der Waals surface area contributed by atoms with Crippen molar-refractivity contribution >= 4 is 24.6 Å². The number of benzene rings is 1. The van der Waals surface area contributed by atoms with Gasteiger partial charge in [0, 0.05) is 12.4 Å². The van der Waals surface area contributed by atoms with Crippen LogP contribution in [0.25, 0.3) is 11.2 Å². The van der Waals surface area contributed by atoms with Gasteiger partial charge in [0.15, 0.2) is 29.4 Å². The second kappa shape index (κ2) is 8.21. The number of aliphatic hydroxyl groups excluding tert-OH is 1. The van der Waals surface area contributed by atoms with Crippen LogP contribution in [0.15, 0.2) is 54.9 Å². The van der Waals surface area contributed by atoms with E-state index in [2.05, 4.69) is 20.3 Å². The molecule has 158 valence electrons. The van der Waals surface area contributed by atoms with Crippen molar-refractivity contribution in [1.29, 1.82) is 0 Å². The number of aliphatic hydroxyl groups is 1. The molecule has 0 bridgehead atoms. The molecule has 3 heterocycles. The molecule has 4 atom stereocenters. The minimum absolute atomic E-state index is 0.292. The predicted octanol–water partition coefficient (Wildman–Crippen LogP) is 1.73. The quantitative estimate of drug-likeness (QED) is 0.426. The topological polar surface area (TPSA) is 143 Å². The normalized spacial score (nSPS) is 24.7. The van der Waals surface area contributed by atoms with Crippen LogP contribution >= 0.6 is 7.60 Å². The van der Waals surface area contributed by atoms with E-state index >= 15 is 0 Å². The van der Waals surface area contributed by atoms with Crippen molar-refractivity contribution in [2.45, 2.75) is 31.2 Å². The Morgan fingerprint density at radius 1 is 1.23 bits per heavy atom. The molecule has 4 rings (SSSR count). The molecule has 4 N–H and O–H groups in total. The Morgan fingerprint density at radius 3 is 2.73 bits per heavy atom. The molecule has 10 nitrogen and oxygen atoms in total. The van der Waals surface area contributed by atoms with E-state index in [1.165, 1.54) is 17.2 Å². The molecule has 1 aliphatic rings. The number of halogens is 1. The van der Waals surface area contributed by atoms with Crippen molar-refractivity contribution < 1.29 is 28.6 Å². The summed E-state index contributed by atoms with van der Waals surface area (Å²) in [5.74, 6) is 1.03. The summed E-state index contributed by atoms with van der Waals surface area (Å²) in [5.41, 5.74) is 1.72. The molecule has 1 aromatic carbocycles. The molecule has 1 saturated heterocycles. The van der Waals surface area contributed by atoms with Crippen LogP contribution in [0.2, 0.25) is 0 Å². The van der Waals surface area contributed by atoms with E-state index in [9.17, 15) is 14.1 Å². The van der Waals surface area contributed by atoms with Crippen molar-refractivity contribution in [1.82, 2.24) is 19.5 Å². The average Bonchev–Trinajstić information content (AvgIpc) is 3.27. The molecular formula is C18H19FN5O5P. The first-order chi connectivity index (χ1) is 14.3. The highest BCUT2D eigenvalue weighted by atomic mass is 31.2. The molecule has 3 aromatic rings. The second-order valence-corrected chi connectivity index (χ2v) is 8.22. The van der Waals surface area contributed by atoms with Gasteiger partial charge >= 0.3 is 7.60 Å². The van der Waals surface area contributed by atoms with E-state index in [0.29, 0.717) is 29.3 Å². The van der Waals surface area contributed by atoms with Crippen molar-refractivity contribution in [3.8, 4) is 0 Å². The van der Waals surface area contributed by atoms with Gasteiger partial charge in [0.1, 0.15) is 18.5 Å². The zero-order chi connectivity index (χ0) is 21.3. The SMILES string of the molecule is O=P(O)(O)/C=C/[C@H]1O[C@@H](n2cnc3c(NCc4ccccc4)ncnc32)[C@@H](F)[C@@H]1O. The van der Waals surface area contributed by atoms with Crippen LogP contribution in [0.1, 0.15) is 11.8 Å². The van der Waals surface area contributed by atoms with E-state index in [0.717, 1.165) is 11.6 Å². The first kappa shape index (κ1) is 20.6. The summed E-state index contributed by atoms with van der Waals surface area (Å²) in [6, 6.07) is 9.67. The van der Waals surface area contributed by atoms with Crippen molar-refractivity contribution in [3.05, 3.63) is 60.4 Å². The molecule has 0 radical (unpaired) electrons. The minimum Gasteiger partial charge on any atom is -0.387 e. The van der Waals surface area contributed by atoms with E-state index in [1.54, 1.807) is 0 Å². The smallest absolute Gasteiger partial charge is 0.348 e. The van der Waals surface area contributed by atoms with Gasteiger partial charge in [-0.1, -0.05) is 30.3 Å². The average molecular weight is 435 g/mol. The first-order valence-electron chi connectivity index (χ1n) is 9.01. The molecule has 0 aliphatic carbocycles. The van der Waals surface area contributed by atoms with E-state index < -0.39 is 32.2 Å². The summed E-state index contributed by atoms with van der Waals surface area (Å²) < 4.78 is 32.5. The second-order valence-electron chi connectivity index (χ2n) is 6.74. The number of hydrogen-bond donors (Lipinski definition) is 4. The maximum atomic E-state index is 14.7. The predicted molar refractivity (Wildman–Crippen MR) is 105 cm³/mol. The van der Waals surface area contributed by atoms with Gasteiger partial charge in [-0.2, -0.15) is 0 Å². The van der Waals surface area contributed by atoms with Gasteiger partial charge in [0.2, 0.25) is 0 Å². The number of anilines is 1. The third-order valence-corrected chi connectivity index (χ3v) is 5.20. The molecule has 30 heavy (non-hydrogen) atoms. The molecular weight excluding hydrogens is 416 g/mol. The summed E-state index contributed by atoms with van der Waals surface area (Å²) in [5, 5.41) is 13.2. The van der Waals surface area contributed by atoms with Gasteiger partial charge in [-0.05, 0) is 11.6 Å². The first-order valence-corrected chi connectivity index (χ1v) is 10.7. The minimum atomic E-state index is -4.47. The highest BCUT2D eigenvalue weighted by Gasteiger charge is 2.45. The molecule has 1 fully saturated rings. The number of imidazole rings is 1. The van der Waals surface area contributed by atoms with Crippen molar-refractivity contribution in [2.75, 3.05) is 5.32 Å². The number of nitrogens with zero attached hydrogens (tertiary/aromatic N) is 4. The van der Waals surface area contributed by atoms with E-state index in [-0.39, 0.29) is 0 Å². The Bertz CT molecular complexity index is 1100. The zero-order valence-electron chi connectivity index (χ0n) is 15.5. The Labute approximate surface area is 170 Å². The lowest BCUT2D eigenvalue weighted by molar-refractivity contribution is -0.00168. The van der Waals surface area contributed by atoms with Crippen LogP contribution in [0.3, 0.4) is 0 Å². The third-order valence-electron chi connectivity index (χ3n) is 4.64. The highest BCUT2D eigenvalue weighted by Crippen LogP contribution is 2.39. The summed E-state index contributed by atoms with van der Waals surface area (Å²) in [7, 11) is -4.47. The van der Waals surface area contributed by atoms with E-state index in [1.807, 2.05) is 30.3 Å². The van der Waals surface area contributed by atoms with Crippen LogP contribution in [0.5, 0.6) is 0 Å². The number of fused-ring (bicyclic) bond motifs is 1. The van der Waals surface area contributed by atoms with Crippen LogP contribution in [-0.4, -0.2) is 52.8 Å². The molecule has 2 aromatic heterocycles. The largest absolute Gasteiger partial charge is 0.387 e. The van der Waals surface area contributed by atoms with Crippen LogP contribution in [0.4, 0.5) is 10.2 Å².